The van der Waals surface area contributed by atoms with Crippen LogP contribution < -0.4 is 10.6 Å². The van der Waals surface area contributed by atoms with Crippen molar-refractivity contribution in [1.82, 2.24) is 14.9 Å². The largest absolute Gasteiger partial charge is 0.347 e. The number of fused-ring (bicyclic) bond motifs is 1. The Morgan fingerprint density at radius 1 is 1.12 bits per heavy atom. The van der Waals surface area contributed by atoms with E-state index < -0.39 is 0 Å². The fourth-order valence-corrected chi connectivity index (χ4v) is 2.64. The molecule has 0 aliphatic rings. The van der Waals surface area contributed by atoms with Crippen LogP contribution in [0.25, 0.3) is 11.0 Å². The van der Waals surface area contributed by atoms with Crippen LogP contribution in [0.1, 0.15) is 5.56 Å². The number of halogens is 1. The molecule has 0 saturated carbocycles. The summed E-state index contributed by atoms with van der Waals surface area (Å²) < 4.78 is 1.76. The lowest BCUT2D eigenvalue weighted by molar-refractivity contribution is -0.123. The zero-order valence-electron chi connectivity index (χ0n) is 13.6. The van der Waals surface area contributed by atoms with Gasteiger partial charge < -0.3 is 9.88 Å². The number of aryl methyl sites for hydroxylation is 1. The van der Waals surface area contributed by atoms with E-state index in [-0.39, 0.29) is 24.8 Å². The minimum atomic E-state index is -0.342. The van der Waals surface area contributed by atoms with E-state index in [9.17, 15) is 9.59 Å². The number of anilines is 1. The number of rotatable bonds is 5. The Balaban J connectivity index is 1.57. The number of amides is 2. The van der Waals surface area contributed by atoms with E-state index >= 15 is 0 Å². The summed E-state index contributed by atoms with van der Waals surface area (Å²) in [5.41, 5.74) is 2.44. The number of hydrogen-bond acceptors (Lipinski definition) is 3. The molecule has 3 rings (SSSR count). The molecule has 0 spiro atoms. The van der Waals surface area contributed by atoms with Gasteiger partial charge in [0, 0.05) is 12.1 Å². The molecule has 0 aliphatic heterocycles. The third-order valence-electron chi connectivity index (χ3n) is 3.75. The highest BCUT2D eigenvalue weighted by atomic mass is 35.5. The molecular formula is C18H17ClN4O2. The van der Waals surface area contributed by atoms with Gasteiger partial charge in [-0.05, 0) is 23.8 Å². The molecule has 6 nitrogen and oxygen atoms in total. The molecule has 25 heavy (non-hydrogen) atoms. The number of carbonyl (C=O) groups is 2. The van der Waals surface area contributed by atoms with Gasteiger partial charge in [0.2, 0.25) is 17.8 Å². The van der Waals surface area contributed by atoms with Crippen molar-refractivity contribution in [3.8, 4) is 0 Å². The van der Waals surface area contributed by atoms with Crippen LogP contribution in [0.2, 0.25) is 5.02 Å². The summed E-state index contributed by atoms with van der Waals surface area (Å²) in [5.74, 6) is -0.149. The molecule has 1 heterocycles. The number of nitrogens with one attached hydrogen (secondary N) is 2. The van der Waals surface area contributed by atoms with Gasteiger partial charge in [0.1, 0.15) is 0 Å². The highest BCUT2D eigenvalue weighted by Crippen LogP contribution is 2.21. The van der Waals surface area contributed by atoms with Gasteiger partial charge in [0.15, 0.2) is 0 Å². The highest BCUT2D eigenvalue weighted by Gasteiger charge is 2.12. The first-order chi connectivity index (χ1) is 12.0. The monoisotopic (exact) mass is 356 g/mol. The second-order valence-corrected chi connectivity index (χ2v) is 6.05. The molecule has 2 amide bonds. The molecule has 0 bridgehead atoms. The van der Waals surface area contributed by atoms with Crippen molar-refractivity contribution in [2.24, 2.45) is 7.05 Å². The first-order valence-electron chi connectivity index (χ1n) is 7.75. The first kappa shape index (κ1) is 17.0. The van der Waals surface area contributed by atoms with Gasteiger partial charge in [-0.25, -0.2) is 4.98 Å². The predicted octanol–water partition coefficient (Wildman–Crippen LogP) is 2.52. The Morgan fingerprint density at radius 3 is 2.64 bits per heavy atom. The topological polar surface area (TPSA) is 76.0 Å². The van der Waals surface area contributed by atoms with Crippen molar-refractivity contribution in [3.05, 3.63) is 59.1 Å². The average molecular weight is 357 g/mol. The Morgan fingerprint density at radius 2 is 1.88 bits per heavy atom. The van der Waals surface area contributed by atoms with Crippen LogP contribution in [0, 0.1) is 0 Å². The number of imidazole rings is 1. The van der Waals surface area contributed by atoms with Crippen molar-refractivity contribution >= 4 is 40.4 Å². The minimum absolute atomic E-state index is 0.115. The van der Waals surface area contributed by atoms with E-state index in [2.05, 4.69) is 15.6 Å². The fraction of sp³-hybridized carbons (Fsp3) is 0.167. The van der Waals surface area contributed by atoms with Gasteiger partial charge in [0.05, 0.1) is 24.0 Å². The third-order valence-corrected chi connectivity index (χ3v) is 3.98. The summed E-state index contributed by atoms with van der Waals surface area (Å²) in [5, 5.41) is 5.88. The third kappa shape index (κ3) is 4.16. The van der Waals surface area contributed by atoms with Crippen LogP contribution in [0.3, 0.4) is 0 Å². The second kappa shape index (κ2) is 7.36. The number of hydrogen-bond donors (Lipinski definition) is 2. The summed E-state index contributed by atoms with van der Waals surface area (Å²) >= 11 is 5.95. The molecular weight excluding hydrogens is 340 g/mol. The second-order valence-electron chi connectivity index (χ2n) is 5.61. The first-order valence-corrected chi connectivity index (χ1v) is 8.13. The molecule has 0 saturated heterocycles. The van der Waals surface area contributed by atoms with Crippen LogP contribution in [-0.4, -0.2) is 27.9 Å². The lowest BCUT2D eigenvalue weighted by Crippen LogP contribution is -2.34. The number of nitrogens with zero attached hydrogens (tertiary/aromatic N) is 2. The smallest absolute Gasteiger partial charge is 0.246 e. The van der Waals surface area contributed by atoms with Crippen molar-refractivity contribution in [2.45, 2.75) is 6.42 Å². The summed E-state index contributed by atoms with van der Waals surface area (Å²) in [4.78, 5) is 28.3. The lowest BCUT2D eigenvalue weighted by atomic mass is 10.1. The molecule has 3 aromatic rings. The molecule has 0 radical (unpaired) electrons. The normalized spacial score (nSPS) is 10.6. The van der Waals surface area contributed by atoms with Crippen molar-refractivity contribution < 1.29 is 9.59 Å². The van der Waals surface area contributed by atoms with E-state index in [1.165, 1.54) is 0 Å². The number of aromatic nitrogens is 2. The Labute approximate surface area is 149 Å². The molecule has 2 aromatic carbocycles. The summed E-state index contributed by atoms with van der Waals surface area (Å²) in [7, 11) is 1.80. The Hall–Kier alpha value is -2.86. The van der Waals surface area contributed by atoms with Crippen LogP contribution in [0.5, 0.6) is 0 Å². The van der Waals surface area contributed by atoms with Gasteiger partial charge in [-0.15, -0.1) is 0 Å². The quantitative estimate of drug-likeness (QED) is 0.737. The molecule has 0 unspecified atom stereocenters. The molecule has 128 valence electrons. The zero-order chi connectivity index (χ0) is 17.8. The van der Waals surface area contributed by atoms with Crippen LogP contribution in [0.4, 0.5) is 5.95 Å². The van der Waals surface area contributed by atoms with Gasteiger partial charge in [-0.1, -0.05) is 41.9 Å². The van der Waals surface area contributed by atoms with Gasteiger partial charge in [-0.3, -0.25) is 14.9 Å². The van der Waals surface area contributed by atoms with Crippen LogP contribution in [-0.2, 0) is 23.1 Å². The van der Waals surface area contributed by atoms with Crippen molar-refractivity contribution in [2.75, 3.05) is 11.9 Å². The number of carbonyl (C=O) groups excluding carboxylic acids is 2. The van der Waals surface area contributed by atoms with E-state index in [1.54, 1.807) is 23.7 Å². The van der Waals surface area contributed by atoms with E-state index in [4.69, 9.17) is 11.6 Å². The highest BCUT2D eigenvalue weighted by molar-refractivity contribution is 6.31. The summed E-state index contributed by atoms with van der Waals surface area (Å²) in [6.07, 6.45) is 0.235. The minimum Gasteiger partial charge on any atom is -0.347 e. The molecule has 2 N–H and O–H groups in total. The average Bonchev–Trinajstić information content (AvgIpc) is 2.89. The van der Waals surface area contributed by atoms with Crippen molar-refractivity contribution in [1.29, 1.82) is 0 Å². The van der Waals surface area contributed by atoms with E-state index in [0.29, 0.717) is 16.5 Å². The molecule has 0 aliphatic carbocycles. The van der Waals surface area contributed by atoms with Gasteiger partial charge in [-0.2, -0.15) is 0 Å². The van der Waals surface area contributed by atoms with Crippen LogP contribution >= 0.6 is 11.6 Å². The zero-order valence-corrected chi connectivity index (χ0v) is 14.4. The Kier molecular flexibility index (Phi) is 5.00. The lowest BCUT2D eigenvalue weighted by Gasteiger charge is -2.07. The maximum absolute atomic E-state index is 12.1. The van der Waals surface area contributed by atoms with Gasteiger partial charge >= 0.3 is 0 Å². The molecule has 1 aromatic heterocycles. The SMILES string of the molecule is Cn1c(NC(=O)CNC(=O)Cc2ccccc2)nc2cc(Cl)ccc21. The number of benzene rings is 2. The predicted molar refractivity (Wildman–Crippen MR) is 97.5 cm³/mol. The Bertz CT molecular complexity index is 921. The molecule has 0 atom stereocenters. The standard InChI is InChI=1S/C18H17ClN4O2/c1-23-15-8-7-13(19)10-14(15)21-18(23)22-17(25)11-20-16(24)9-12-5-3-2-4-6-12/h2-8,10H,9,11H2,1H3,(H,20,24)(H,21,22,25). The molecule has 7 heteroatoms. The van der Waals surface area contributed by atoms with Gasteiger partial charge in [0.25, 0.3) is 0 Å². The maximum atomic E-state index is 12.1. The molecule has 0 fully saturated rings. The summed E-state index contributed by atoms with van der Waals surface area (Å²) in [6.45, 7) is -0.115. The van der Waals surface area contributed by atoms with Crippen molar-refractivity contribution in [3.63, 3.8) is 0 Å². The summed E-state index contributed by atoms with van der Waals surface area (Å²) in [6, 6.07) is 14.7. The van der Waals surface area contributed by atoms with E-state index in [0.717, 1.165) is 11.1 Å². The van der Waals surface area contributed by atoms with E-state index in [1.807, 2.05) is 36.4 Å². The maximum Gasteiger partial charge on any atom is 0.246 e. The fourth-order valence-electron chi connectivity index (χ4n) is 2.48. The van der Waals surface area contributed by atoms with Crippen LogP contribution in [0.15, 0.2) is 48.5 Å².